The van der Waals surface area contributed by atoms with E-state index in [1.807, 2.05) is 86.6 Å². The first kappa shape index (κ1) is 44.0. The molecule has 1 aliphatic rings. The second-order valence-electron chi connectivity index (χ2n) is 16.8. The van der Waals surface area contributed by atoms with Gasteiger partial charge in [-0.2, -0.15) is 0 Å². The average molecular weight is 806 g/mol. The number of nitrogens with zero attached hydrogens (tertiary/aromatic N) is 2. The minimum absolute atomic E-state index is 0.0246. The van der Waals surface area contributed by atoms with Crippen molar-refractivity contribution in [2.45, 2.75) is 112 Å². The Bertz CT molecular complexity index is 2030. The summed E-state index contributed by atoms with van der Waals surface area (Å²) in [6.07, 6.45) is -0.636. The number of carbonyl (C=O) groups is 3. The molecular weight excluding hydrogens is 749 g/mol. The van der Waals surface area contributed by atoms with Gasteiger partial charge in [-0.25, -0.2) is 14.7 Å². The highest BCUT2D eigenvalue weighted by Crippen LogP contribution is 2.36. The molecule has 4 aromatic carbocycles. The van der Waals surface area contributed by atoms with Crippen molar-refractivity contribution < 1.29 is 37.9 Å². The number of hydroxylamine groups is 2. The highest BCUT2D eigenvalue weighted by Gasteiger charge is 2.41. The molecule has 5 rings (SSSR count). The molecule has 0 bridgehead atoms. The van der Waals surface area contributed by atoms with Gasteiger partial charge in [-0.05, 0) is 105 Å². The Labute approximate surface area is 347 Å². The van der Waals surface area contributed by atoms with E-state index < -0.39 is 35.7 Å². The smallest absolute Gasteiger partial charge is 0.410 e. The van der Waals surface area contributed by atoms with Crippen LogP contribution in [0.25, 0.3) is 0 Å². The van der Waals surface area contributed by atoms with E-state index in [0.717, 1.165) is 27.8 Å². The van der Waals surface area contributed by atoms with Crippen molar-refractivity contribution in [1.29, 1.82) is 0 Å². The number of ether oxygens (including phenoxy) is 4. The van der Waals surface area contributed by atoms with Crippen molar-refractivity contribution in [2.75, 3.05) is 13.1 Å². The van der Waals surface area contributed by atoms with Crippen molar-refractivity contribution >= 4 is 28.5 Å². The number of rotatable bonds is 13. The number of esters is 1. The topological polar surface area (TPSA) is 104 Å². The lowest BCUT2D eigenvalue weighted by Gasteiger charge is -2.37. The summed E-state index contributed by atoms with van der Waals surface area (Å²) in [5.41, 5.74) is 4.61. The van der Waals surface area contributed by atoms with E-state index in [1.54, 1.807) is 39.0 Å². The fourth-order valence-corrected chi connectivity index (χ4v) is 7.18. The molecule has 58 heavy (non-hydrogen) atoms. The van der Waals surface area contributed by atoms with Crippen LogP contribution < -0.4 is 9.47 Å². The normalized spacial score (nSPS) is 16.0. The van der Waals surface area contributed by atoms with Crippen LogP contribution in [0.15, 0.2) is 91.0 Å². The van der Waals surface area contributed by atoms with Gasteiger partial charge < -0.3 is 28.4 Å². The van der Waals surface area contributed by atoms with Crippen molar-refractivity contribution in [3.05, 3.63) is 130 Å². The molecule has 10 nitrogen and oxygen atoms in total. The Morgan fingerprint density at radius 1 is 0.810 bits per heavy atom. The maximum atomic E-state index is 14.6. The van der Waals surface area contributed by atoms with E-state index in [-0.39, 0.29) is 29.9 Å². The van der Waals surface area contributed by atoms with Crippen LogP contribution in [0.3, 0.4) is 0 Å². The SMILES string of the molecule is Cc1c(C(=O)N(O[Si])[C@@H]2CN(C(=O)OC(C)(C)C)CCC[C@H]2OC(=O)c2ccc(OCc3ccccc3)cc2OCc2ccccc2)ccc(C(C)(C)C(C)C)c1C. The number of benzene rings is 4. The van der Waals surface area contributed by atoms with Gasteiger partial charge in [-0.3, -0.25) is 4.79 Å². The van der Waals surface area contributed by atoms with E-state index >= 15 is 0 Å². The molecule has 0 N–H and O–H groups in total. The van der Waals surface area contributed by atoms with E-state index in [4.69, 9.17) is 23.5 Å². The minimum Gasteiger partial charge on any atom is -0.489 e. The third kappa shape index (κ3) is 10.9. The molecule has 2 atom stereocenters. The number of hydrogen-bond acceptors (Lipinski definition) is 8. The molecule has 0 spiro atoms. The van der Waals surface area contributed by atoms with Gasteiger partial charge in [0.15, 0.2) is 0 Å². The Kier molecular flexibility index (Phi) is 14.5. The first-order valence-electron chi connectivity index (χ1n) is 19.9. The number of amides is 2. The minimum atomic E-state index is -0.933. The number of likely N-dealkylation sites (tertiary alicyclic amines) is 1. The van der Waals surface area contributed by atoms with Crippen LogP contribution >= 0.6 is 0 Å². The monoisotopic (exact) mass is 805 g/mol. The lowest BCUT2D eigenvalue weighted by Crippen LogP contribution is -2.53. The summed E-state index contributed by atoms with van der Waals surface area (Å²) in [6.45, 7) is 18.9. The van der Waals surface area contributed by atoms with Crippen molar-refractivity contribution in [3.8, 4) is 11.5 Å². The van der Waals surface area contributed by atoms with E-state index in [1.165, 1.54) is 9.96 Å². The summed E-state index contributed by atoms with van der Waals surface area (Å²) in [4.78, 5) is 44.0. The maximum Gasteiger partial charge on any atom is 0.410 e. The van der Waals surface area contributed by atoms with Crippen LogP contribution in [0.5, 0.6) is 11.5 Å². The molecule has 0 aliphatic carbocycles. The predicted octanol–water partition coefficient (Wildman–Crippen LogP) is 9.48. The molecule has 0 unspecified atom stereocenters. The fraction of sp³-hybridized carbons (Fsp3) is 0.426. The summed E-state index contributed by atoms with van der Waals surface area (Å²) >= 11 is 0. The molecule has 1 saturated heterocycles. The molecule has 11 heteroatoms. The van der Waals surface area contributed by atoms with Gasteiger partial charge in [-0.15, -0.1) is 0 Å². The van der Waals surface area contributed by atoms with Crippen LogP contribution in [-0.4, -0.2) is 69.3 Å². The summed E-state index contributed by atoms with van der Waals surface area (Å²) < 4.78 is 30.2. The third-order valence-corrected chi connectivity index (χ3v) is 11.3. The Morgan fingerprint density at radius 3 is 2.00 bits per heavy atom. The van der Waals surface area contributed by atoms with Crippen LogP contribution in [0.1, 0.15) is 110 Å². The van der Waals surface area contributed by atoms with Gasteiger partial charge in [0.2, 0.25) is 0 Å². The first-order chi connectivity index (χ1) is 27.5. The van der Waals surface area contributed by atoms with Crippen molar-refractivity contribution in [1.82, 2.24) is 9.96 Å². The largest absolute Gasteiger partial charge is 0.489 e. The molecule has 2 amide bonds. The Hall–Kier alpha value is -5.13. The van der Waals surface area contributed by atoms with Gasteiger partial charge in [0.25, 0.3) is 16.4 Å². The predicted molar refractivity (Wildman–Crippen MR) is 225 cm³/mol. The lowest BCUT2D eigenvalue weighted by atomic mass is 9.72. The van der Waals surface area contributed by atoms with Gasteiger partial charge >= 0.3 is 12.1 Å². The molecule has 1 heterocycles. The lowest BCUT2D eigenvalue weighted by molar-refractivity contribution is -0.0992. The summed E-state index contributed by atoms with van der Waals surface area (Å²) in [6, 6.07) is 27.3. The zero-order valence-corrected chi connectivity index (χ0v) is 36.3. The number of hydrogen-bond donors (Lipinski definition) is 0. The maximum absolute atomic E-state index is 14.6. The van der Waals surface area contributed by atoms with Crippen LogP contribution in [0.4, 0.5) is 4.79 Å². The summed E-state index contributed by atoms with van der Waals surface area (Å²) in [5.74, 6) is 0.0403. The molecule has 0 aromatic heterocycles. The average Bonchev–Trinajstić information content (AvgIpc) is 3.40. The molecule has 4 aromatic rings. The van der Waals surface area contributed by atoms with Crippen LogP contribution in [0, 0.1) is 19.8 Å². The Morgan fingerprint density at radius 2 is 1.41 bits per heavy atom. The standard InChI is InChI=1S/C47H57N2O8Si/c1-31(2)47(8,9)39-25-24-37(32(3)33(39)4)43(50)49(57-58)40-28-48(45(52)56-46(5,6)7)26-16-21-41(40)55-44(51)38-23-22-36(53-29-34-17-12-10-13-18-34)27-42(38)54-30-35-19-14-11-15-20-35/h10-15,17-20,22-25,27,31,40-41H,16,21,26,28-30H2,1-9H3/t40-,41-/m1/s1. The quantitative estimate of drug-likeness (QED) is 0.0748. The fourth-order valence-electron chi connectivity index (χ4n) is 6.96. The zero-order valence-electron chi connectivity index (χ0n) is 35.3. The van der Waals surface area contributed by atoms with Gasteiger partial charge in [-0.1, -0.05) is 94.4 Å². The molecule has 3 radical (unpaired) electrons. The van der Waals surface area contributed by atoms with Crippen molar-refractivity contribution in [3.63, 3.8) is 0 Å². The van der Waals surface area contributed by atoms with Gasteiger partial charge in [0.05, 0.1) is 6.54 Å². The molecule has 0 saturated carbocycles. The van der Waals surface area contributed by atoms with Crippen molar-refractivity contribution in [2.24, 2.45) is 5.92 Å². The number of carbonyl (C=O) groups excluding carboxylic acids is 3. The van der Waals surface area contributed by atoms with E-state index in [2.05, 4.69) is 38.2 Å². The molecule has 307 valence electrons. The highest BCUT2D eigenvalue weighted by atomic mass is 28.2. The second kappa shape index (κ2) is 19.1. The summed E-state index contributed by atoms with van der Waals surface area (Å²) in [5, 5.41) is 1.17. The van der Waals surface area contributed by atoms with Gasteiger partial charge in [0.1, 0.15) is 48.0 Å². The molecule has 1 fully saturated rings. The van der Waals surface area contributed by atoms with Crippen LogP contribution in [-0.2, 0) is 32.6 Å². The molecule has 1 aliphatic heterocycles. The Balaban J connectivity index is 1.48. The molecular formula is C47H57N2O8Si. The highest BCUT2D eigenvalue weighted by molar-refractivity contribution is 6.01. The second-order valence-corrected chi connectivity index (χ2v) is 17.0. The third-order valence-electron chi connectivity index (χ3n) is 11.1. The first-order valence-corrected chi connectivity index (χ1v) is 20.3. The van der Waals surface area contributed by atoms with E-state index in [9.17, 15) is 14.4 Å². The summed E-state index contributed by atoms with van der Waals surface area (Å²) in [7, 11) is 3.18. The van der Waals surface area contributed by atoms with E-state index in [0.29, 0.717) is 43.2 Å². The zero-order chi connectivity index (χ0) is 42.2. The van der Waals surface area contributed by atoms with Crippen LogP contribution in [0.2, 0.25) is 0 Å². The van der Waals surface area contributed by atoms with Gasteiger partial charge in [0, 0.05) is 18.2 Å².